The first-order valence-corrected chi connectivity index (χ1v) is 9.13. The predicted octanol–water partition coefficient (Wildman–Crippen LogP) is 4.07. The van der Waals surface area contributed by atoms with Gasteiger partial charge in [-0.05, 0) is 35.6 Å². The third-order valence-corrected chi connectivity index (χ3v) is 4.29. The molecule has 2 aromatic carbocycles. The molecule has 0 aliphatic rings. The number of nitro benzene ring substituents is 1. The van der Waals surface area contributed by atoms with Crippen molar-refractivity contribution in [1.29, 1.82) is 0 Å². The number of benzene rings is 2. The minimum absolute atomic E-state index is 0.0292. The van der Waals surface area contributed by atoms with Crippen LogP contribution >= 0.6 is 0 Å². The molecule has 28 heavy (non-hydrogen) atoms. The Balaban J connectivity index is 1.73. The molecule has 7 nitrogen and oxygen atoms in total. The number of hydrogen-bond donors (Lipinski definition) is 2. The number of phenols is 1. The van der Waals surface area contributed by atoms with E-state index in [1.54, 1.807) is 0 Å². The summed E-state index contributed by atoms with van der Waals surface area (Å²) in [7, 11) is 0. The second kappa shape index (κ2) is 9.21. The summed E-state index contributed by atoms with van der Waals surface area (Å²) in [5, 5.41) is 23.2. The second-order valence-corrected chi connectivity index (χ2v) is 7.57. The summed E-state index contributed by atoms with van der Waals surface area (Å²) in [6.45, 7) is 6.88. The van der Waals surface area contributed by atoms with Crippen LogP contribution in [-0.4, -0.2) is 22.5 Å². The van der Waals surface area contributed by atoms with E-state index >= 15 is 0 Å². The zero-order chi connectivity index (χ0) is 20.7. The van der Waals surface area contributed by atoms with Crippen molar-refractivity contribution in [2.24, 2.45) is 0 Å². The van der Waals surface area contributed by atoms with Gasteiger partial charge in [-0.15, -0.1) is 0 Å². The van der Waals surface area contributed by atoms with E-state index in [1.165, 1.54) is 23.8 Å². The molecular formula is C21H26N2O5. The monoisotopic (exact) mass is 386 g/mol. The largest absolute Gasteiger partial charge is 0.508 e. The summed E-state index contributed by atoms with van der Waals surface area (Å²) < 4.78 is 5.65. The smallest absolute Gasteiger partial charge is 0.270 e. The summed E-state index contributed by atoms with van der Waals surface area (Å²) in [5.74, 6) is 0.459. The lowest BCUT2D eigenvalue weighted by Crippen LogP contribution is -2.23. The Bertz CT molecular complexity index is 826. The van der Waals surface area contributed by atoms with Crippen LogP contribution in [-0.2, 0) is 16.8 Å². The third-order valence-electron chi connectivity index (χ3n) is 4.29. The Hall–Kier alpha value is -3.09. The molecule has 0 fully saturated rings. The number of phenolic OH excluding ortho intramolecular Hbond substituents is 1. The quantitative estimate of drug-likeness (QED) is 0.404. The lowest BCUT2D eigenvalue weighted by Gasteiger charge is -2.19. The lowest BCUT2D eigenvalue weighted by atomic mass is 9.87. The molecule has 2 N–H and O–H groups in total. The van der Waals surface area contributed by atoms with Crippen LogP contribution in [0.1, 0.15) is 44.7 Å². The SMILES string of the molecule is CC(C)(C)c1ccc(OCCCC(=O)NCc2cc([N+](=O)[O-])ccc2O)cc1. The summed E-state index contributed by atoms with van der Waals surface area (Å²) in [4.78, 5) is 22.2. The van der Waals surface area contributed by atoms with Crippen molar-refractivity contribution >= 4 is 11.6 Å². The Morgan fingerprint density at radius 2 is 1.86 bits per heavy atom. The van der Waals surface area contributed by atoms with Crippen LogP contribution in [0.4, 0.5) is 5.69 Å². The zero-order valence-electron chi connectivity index (χ0n) is 16.4. The Labute approximate surface area is 164 Å². The van der Waals surface area contributed by atoms with Gasteiger partial charge in [-0.25, -0.2) is 0 Å². The molecule has 2 rings (SSSR count). The molecule has 0 atom stereocenters. The van der Waals surface area contributed by atoms with Crippen molar-refractivity contribution in [1.82, 2.24) is 5.32 Å². The molecule has 1 amide bonds. The van der Waals surface area contributed by atoms with Gasteiger partial charge in [0.25, 0.3) is 5.69 Å². The average Bonchev–Trinajstić information content (AvgIpc) is 2.64. The fourth-order valence-electron chi connectivity index (χ4n) is 2.58. The Kier molecular flexibility index (Phi) is 6.98. The number of nitro groups is 1. The van der Waals surface area contributed by atoms with Gasteiger partial charge in [-0.2, -0.15) is 0 Å². The van der Waals surface area contributed by atoms with Crippen LogP contribution in [0, 0.1) is 10.1 Å². The van der Waals surface area contributed by atoms with Crippen molar-refractivity contribution in [3.63, 3.8) is 0 Å². The van der Waals surface area contributed by atoms with Crippen LogP contribution in [0.25, 0.3) is 0 Å². The fourth-order valence-corrected chi connectivity index (χ4v) is 2.58. The third kappa shape index (κ3) is 6.26. The molecular weight excluding hydrogens is 360 g/mol. The van der Waals surface area contributed by atoms with E-state index in [4.69, 9.17) is 4.74 Å². The standard InChI is InChI=1S/C21H26N2O5/c1-21(2,3)16-6-9-18(10-7-16)28-12-4-5-20(25)22-14-15-13-17(23(26)27)8-11-19(15)24/h6-11,13,24H,4-5,12,14H2,1-3H3,(H,22,25). The molecule has 0 aliphatic heterocycles. The molecule has 150 valence electrons. The summed E-state index contributed by atoms with van der Waals surface area (Å²) in [6, 6.07) is 11.6. The zero-order valence-corrected chi connectivity index (χ0v) is 16.4. The number of carbonyl (C=O) groups is 1. The van der Waals surface area contributed by atoms with Crippen molar-refractivity contribution in [3.05, 3.63) is 63.7 Å². The average molecular weight is 386 g/mol. The van der Waals surface area contributed by atoms with Gasteiger partial charge < -0.3 is 15.2 Å². The van der Waals surface area contributed by atoms with Crippen LogP contribution in [0.2, 0.25) is 0 Å². The molecule has 0 spiro atoms. The fraction of sp³-hybridized carbons (Fsp3) is 0.381. The van der Waals surface area contributed by atoms with E-state index < -0.39 is 4.92 Å². The number of aromatic hydroxyl groups is 1. The molecule has 0 saturated heterocycles. The Morgan fingerprint density at radius 1 is 1.18 bits per heavy atom. The van der Waals surface area contributed by atoms with E-state index in [1.807, 2.05) is 24.3 Å². The highest BCUT2D eigenvalue weighted by molar-refractivity contribution is 5.75. The molecule has 0 radical (unpaired) electrons. The maximum Gasteiger partial charge on any atom is 0.270 e. The van der Waals surface area contributed by atoms with E-state index in [-0.39, 0.29) is 35.7 Å². The molecule has 7 heteroatoms. The number of nitrogens with zero attached hydrogens (tertiary/aromatic N) is 1. The van der Waals surface area contributed by atoms with E-state index in [2.05, 4.69) is 26.1 Å². The number of carbonyl (C=O) groups excluding carboxylic acids is 1. The van der Waals surface area contributed by atoms with Gasteiger partial charge in [-0.1, -0.05) is 32.9 Å². The van der Waals surface area contributed by atoms with Crippen molar-refractivity contribution in [2.75, 3.05) is 6.61 Å². The van der Waals surface area contributed by atoms with E-state index in [0.29, 0.717) is 18.6 Å². The molecule has 2 aromatic rings. The van der Waals surface area contributed by atoms with Gasteiger partial charge in [0.05, 0.1) is 11.5 Å². The molecule has 0 aromatic heterocycles. The minimum atomic E-state index is -0.546. The lowest BCUT2D eigenvalue weighted by molar-refractivity contribution is -0.384. The summed E-state index contributed by atoms with van der Waals surface area (Å²) in [6.07, 6.45) is 0.795. The maximum atomic E-state index is 11.9. The van der Waals surface area contributed by atoms with E-state index in [9.17, 15) is 20.0 Å². The molecule has 0 unspecified atom stereocenters. The van der Waals surface area contributed by atoms with Crippen LogP contribution < -0.4 is 10.1 Å². The Morgan fingerprint density at radius 3 is 2.46 bits per heavy atom. The van der Waals surface area contributed by atoms with Gasteiger partial charge >= 0.3 is 0 Å². The maximum absolute atomic E-state index is 11.9. The first kappa shape index (κ1) is 21.2. The highest BCUT2D eigenvalue weighted by atomic mass is 16.6. The van der Waals surface area contributed by atoms with Gasteiger partial charge in [0, 0.05) is 30.7 Å². The van der Waals surface area contributed by atoms with Crippen LogP contribution in [0.5, 0.6) is 11.5 Å². The second-order valence-electron chi connectivity index (χ2n) is 7.57. The van der Waals surface area contributed by atoms with Crippen molar-refractivity contribution in [2.45, 2.75) is 45.6 Å². The van der Waals surface area contributed by atoms with Gasteiger partial charge in [-0.3, -0.25) is 14.9 Å². The predicted molar refractivity (Wildman–Crippen MR) is 106 cm³/mol. The number of rotatable bonds is 8. The van der Waals surface area contributed by atoms with Gasteiger partial charge in [0.15, 0.2) is 0 Å². The number of ether oxygens (including phenoxy) is 1. The number of hydrogen-bond acceptors (Lipinski definition) is 5. The first-order valence-electron chi connectivity index (χ1n) is 9.13. The summed E-state index contributed by atoms with van der Waals surface area (Å²) in [5.41, 5.74) is 1.49. The molecule has 0 bridgehead atoms. The number of nitrogens with one attached hydrogen (secondary N) is 1. The summed E-state index contributed by atoms with van der Waals surface area (Å²) >= 11 is 0. The first-order chi connectivity index (χ1) is 13.2. The minimum Gasteiger partial charge on any atom is -0.508 e. The highest BCUT2D eigenvalue weighted by Crippen LogP contribution is 2.24. The molecule has 0 aliphatic carbocycles. The number of amides is 1. The molecule has 0 heterocycles. The van der Waals surface area contributed by atoms with Crippen molar-refractivity contribution in [3.8, 4) is 11.5 Å². The topological polar surface area (TPSA) is 102 Å². The molecule has 0 saturated carbocycles. The van der Waals surface area contributed by atoms with Crippen LogP contribution in [0.3, 0.4) is 0 Å². The van der Waals surface area contributed by atoms with E-state index in [0.717, 1.165) is 5.75 Å². The van der Waals surface area contributed by atoms with Gasteiger partial charge in [0.2, 0.25) is 5.91 Å². The van der Waals surface area contributed by atoms with Gasteiger partial charge in [0.1, 0.15) is 11.5 Å². The van der Waals surface area contributed by atoms with Crippen LogP contribution in [0.15, 0.2) is 42.5 Å². The van der Waals surface area contributed by atoms with Crippen molar-refractivity contribution < 1.29 is 19.6 Å². The normalized spacial score (nSPS) is 11.1. The number of non-ortho nitro benzene ring substituents is 1. The highest BCUT2D eigenvalue weighted by Gasteiger charge is 2.13.